The van der Waals surface area contributed by atoms with Gasteiger partial charge in [0.15, 0.2) is 0 Å². The Morgan fingerprint density at radius 3 is 2.26 bits per heavy atom. The Hall–Kier alpha value is -3.50. The first-order valence-electron chi connectivity index (χ1n) is 12.5. The highest BCUT2D eigenvalue weighted by Crippen LogP contribution is 2.27. The van der Waals surface area contributed by atoms with E-state index in [1.807, 2.05) is 26.2 Å². The SMILES string of the molecule is CCC(C(=O)NC)N(Cc1cccc(OC)c1)C(=O)CN(c1ccc(C)cc1)S(=O)(=O)c1ccc(SC)cc1. The Bertz CT molecular complexity index is 1380. The summed E-state index contributed by atoms with van der Waals surface area (Å²) in [6, 6.07) is 19.9. The summed E-state index contributed by atoms with van der Waals surface area (Å²) in [7, 11) is -1.04. The van der Waals surface area contributed by atoms with Gasteiger partial charge in [-0.1, -0.05) is 36.8 Å². The van der Waals surface area contributed by atoms with Crippen molar-refractivity contribution in [2.45, 2.75) is 42.6 Å². The number of thioether (sulfide) groups is 1. The van der Waals surface area contributed by atoms with Gasteiger partial charge in [0.1, 0.15) is 18.3 Å². The van der Waals surface area contributed by atoms with Gasteiger partial charge < -0.3 is 15.0 Å². The molecule has 3 rings (SSSR count). The van der Waals surface area contributed by atoms with Gasteiger partial charge >= 0.3 is 0 Å². The Morgan fingerprint density at radius 2 is 1.69 bits per heavy atom. The maximum Gasteiger partial charge on any atom is 0.264 e. The molecule has 39 heavy (non-hydrogen) atoms. The first-order chi connectivity index (χ1) is 18.6. The molecule has 3 aromatic rings. The Morgan fingerprint density at radius 1 is 1.03 bits per heavy atom. The lowest BCUT2D eigenvalue weighted by Crippen LogP contribution is -2.51. The number of carbonyl (C=O) groups excluding carboxylic acids is 2. The van der Waals surface area contributed by atoms with Crippen molar-refractivity contribution in [3.63, 3.8) is 0 Å². The van der Waals surface area contributed by atoms with Gasteiger partial charge in [-0.05, 0) is 73.7 Å². The van der Waals surface area contributed by atoms with E-state index in [9.17, 15) is 18.0 Å². The van der Waals surface area contributed by atoms with Crippen molar-refractivity contribution < 1.29 is 22.7 Å². The van der Waals surface area contributed by atoms with E-state index < -0.39 is 28.5 Å². The van der Waals surface area contributed by atoms with E-state index in [-0.39, 0.29) is 17.3 Å². The molecule has 0 saturated heterocycles. The summed E-state index contributed by atoms with van der Waals surface area (Å²) in [5.41, 5.74) is 2.07. The molecule has 208 valence electrons. The molecule has 0 aliphatic heterocycles. The molecule has 0 aliphatic carbocycles. The molecule has 1 atom stereocenters. The molecular weight excluding hydrogens is 534 g/mol. The first kappa shape index (κ1) is 30.0. The van der Waals surface area contributed by atoms with Gasteiger partial charge in [0.2, 0.25) is 11.8 Å². The molecule has 0 heterocycles. The fourth-order valence-corrected chi connectivity index (χ4v) is 5.99. The maximum absolute atomic E-state index is 14.0. The molecule has 0 bridgehead atoms. The summed E-state index contributed by atoms with van der Waals surface area (Å²) < 4.78 is 34.2. The predicted octanol–water partition coefficient (Wildman–Crippen LogP) is 4.47. The standard InChI is InChI=1S/C29H35N3O5S2/c1-6-27(29(34)30-3)31(19-22-8-7-9-24(18-22)37-4)28(33)20-32(23-12-10-21(2)11-13-23)39(35,36)26-16-14-25(38-5)15-17-26/h7-18,27H,6,19-20H2,1-5H3,(H,30,34). The number of aryl methyl sites for hydroxylation is 1. The topological polar surface area (TPSA) is 96.0 Å². The van der Waals surface area contributed by atoms with Crippen LogP contribution in [-0.4, -0.2) is 58.1 Å². The van der Waals surface area contributed by atoms with Crippen LogP contribution >= 0.6 is 11.8 Å². The van der Waals surface area contributed by atoms with E-state index in [1.165, 1.54) is 23.7 Å². The number of anilines is 1. The number of nitrogens with zero attached hydrogens (tertiary/aromatic N) is 2. The van der Waals surface area contributed by atoms with Crippen molar-refractivity contribution in [1.82, 2.24) is 10.2 Å². The van der Waals surface area contributed by atoms with Crippen LogP contribution < -0.4 is 14.4 Å². The fourth-order valence-electron chi connectivity index (χ4n) is 4.17. The van der Waals surface area contributed by atoms with Gasteiger partial charge in [-0.15, -0.1) is 11.8 Å². The number of nitrogens with one attached hydrogen (secondary N) is 1. The van der Waals surface area contributed by atoms with Crippen molar-refractivity contribution in [2.75, 3.05) is 31.3 Å². The van der Waals surface area contributed by atoms with Crippen LogP contribution in [0.5, 0.6) is 5.75 Å². The first-order valence-corrected chi connectivity index (χ1v) is 15.2. The summed E-state index contributed by atoms with van der Waals surface area (Å²) in [6.45, 7) is 3.34. The van der Waals surface area contributed by atoms with Gasteiger partial charge in [-0.3, -0.25) is 13.9 Å². The highest BCUT2D eigenvalue weighted by molar-refractivity contribution is 7.98. The van der Waals surface area contributed by atoms with E-state index in [2.05, 4.69) is 5.32 Å². The summed E-state index contributed by atoms with van der Waals surface area (Å²) in [6.07, 6.45) is 2.26. The molecule has 10 heteroatoms. The van der Waals surface area contributed by atoms with Gasteiger partial charge in [0, 0.05) is 18.5 Å². The summed E-state index contributed by atoms with van der Waals surface area (Å²) in [4.78, 5) is 29.2. The van der Waals surface area contributed by atoms with Crippen LogP contribution in [0.2, 0.25) is 0 Å². The van der Waals surface area contributed by atoms with Crippen LogP contribution in [0.4, 0.5) is 5.69 Å². The van der Waals surface area contributed by atoms with E-state index >= 15 is 0 Å². The number of methoxy groups -OCH3 is 1. The van der Waals surface area contributed by atoms with Crippen molar-refractivity contribution >= 4 is 39.3 Å². The van der Waals surface area contributed by atoms with Crippen molar-refractivity contribution in [2.24, 2.45) is 0 Å². The van der Waals surface area contributed by atoms with E-state index in [4.69, 9.17) is 4.74 Å². The van der Waals surface area contributed by atoms with Crippen molar-refractivity contribution in [3.8, 4) is 5.75 Å². The molecule has 0 saturated carbocycles. The number of sulfonamides is 1. The lowest BCUT2D eigenvalue weighted by Gasteiger charge is -2.33. The van der Waals surface area contributed by atoms with Gasteiger partial charge in [-0.25, -0.2) is 8.42 Å². The second-order valence-corrected chi connectivity index (χ2v) is 11.7. The van der Waals surface area contributed by atoms with Gasteiger partial charge in [-0.2, -0.15) is 0 Å². The Kier molecular flexibility index (Phi) is 10.4. The normalized spacial score (nSPS) is 11.9. The third-order valence-corrected chi connectivity index (χ3v) is 8.90. The molecule has 2 amide bonds. The van der Waals surface area contributed by atoms with Crippen LogP contribution in [0.15, 0.2) is 82.6 Å². The Balaban J connectivity index is 2.05. The zero-order valence-electron chi connectivity index (χ0n) is 22.9. The number of ether oxygens (including phenoxy) is 1. The average Bonchev–Trinajstić information content (AvgIpc) is 2.96. The Labute approximate surface area is 235 Å². The minimum Gasteiger partial charge on any atom is -0.497 e. The maximum atomic E-state index is 14.0. The largest absolute Gasteiger partial charge is 0.497 e. The number of carbonyl (C=O) groups is 2. The van der Waals surface area contributed by atoms with E-state index in [0.717, 1.165) is 20.3 Å². The van der Waals surface area contributed by atoms with Crippen LogP contribution in [0, 0.1) is 6.92 Å². The molecule has 1 N–H and O–H groups in total. The zero-order chi connectivity index (χ0) is 28.6. The van der Waals surface area contributed by atoms with Crippen LogP contribution in [-0.2, 0) is 26.2 Å². The van der Waals surface area contributed by atoms with Crippen LogP contribution in [0.1, 0.15) is 24.5 Å². The molecule has 0 aliphatic rings. The van der Waals surface area contributed by atoms with Gasteiger partial charge in [0.05, 0.1) is 17.7 Å². The third-order valence-electron chi connectivity index (χ3n) is 6.37. The molecule has 1 unspecified atom stereocenters. The average molecular weight is 570 g/mol. The molecule has 8 nitrogen and oxygen atoms in total. The monoisotopic (exact) mass is 569 g/mol. The highest BCUT2D eigenvalue weighted by Gasteiger charge is 2.33. The molecule has 0 radical (unpaired) electrons. The number of hydrogen-bond acceptors (Lipinski definition) is 6. The van der Waals surface area contributed by atoms with E-state index in [1.54, 1.807) is 73.8 Å². The smallest absolute Gasteiger partial charge is 0.264 e. The van der Waals surface area contributed by atoms with Crippen molar-refractivity contribution in [3.05, 3.63) is 83.9 Å². The molecular formula is C29H35N3O5S2. The molecule has 3 aromatic carbocycles. The molecule has 0 fully saturated rings. The summed E-state index contributed by atoms with van der Waals surface area (Å²) in [5.74, 6) is -0.213. The van der Waals surface area contributed by atoms with Crippen LogP contribution in [0.3, 0.4) is 0 Å². The predicted molar refractivity (Wildman–Crippen MR) is 156 cm³/mol. The summed E-state index contributed by atoms with van der Waals surface area (Å²) >= 11 is 1.51. The number of likely N-dealkylation sites (N-methyl/N-ethyl adjacent to an activating group) is 1. The summed E-state index contributed by atoms with van der Waals surface area (Å²) in [5, 5.41) is 2.63. The van der Waals surface area contributed by atoms with Crippen LogP contribution in [0.25, 0.3) is 0 Å². The van der Waals surface area contributed by atoms with E-state index in [0.29, 0.717) is 17.9 Å². The fraction of sp³-hybridized carbons (Fsp3) is 0.310. The minimum absolute atomic E-state index is 0.0753. The number of rotatable bonds is 12. The van der Waals surface area contributed by atoms with Gasteiger partial charge in [0.25, 0.3) is 10.0 Å². The van der Waals surface area contributed by atoms with Crippen molar-refractivity contribution in [1.29, 1.82) is 0 Å². The highest BCUT2D eigenvalue weighted by atomic mass is 32.2. The number of hydrogen-bond donors (Lipinski definition) is 1. The molecule has 0 spiro atoms. The molecule has 0 aromatic heterocycles. The second-order valence-electron chi connectivity index (χ2n) is 8.93. The number of amides is 2. The third kappa shape index (κ3) is 7.33. The second kappa shape index (κ2) is 13.5. The minimum atomic E-state index is -4.11. The lowest BCUT2D eigenvalue weighted by atomic mass is 10.1. The number of benzene rings is 3. The quantitative estimate of drug-likeness (QED) is 0.323. The zero-order valence-corrected chi connectivity index (χ0v) is 24.5. The lowest BCUT2D eigenvalue weighted by molar-refractivity contribution is -0.140.